The van der Waals surface area contributed by atoms with Crippen LogP contribution in [0.1, 0.15) is 42.5 Å². The fourth-order valence-corrected chi connectivity index (χ4v) is 3.02. The Morgan fingerprint density at radius 2 is 1.96 bits per heavy atom. The van der Waals surface area contributed by atoms with Gasteiger partial charge in [-0.15, -0.1) is 0 Å². The zero-order valence-electron chi connectivity index (χ0n) is 16.6. The minimum Gasteiger partial charge on any atom is -0.489 e. The van der Waals surface area contributed by atoms with Gasteiger partial charge < -0.3 is 14.4 Å². The molecule has 0 fully saturated rings. The van der Waals surface area contributed by atoms with E-state index in [4.69, 9.17) is 14.4 Å². The van der Waals surface area contributed by atoms with E-state index in [9.17, 15) is 0 Å². The SMILES string of the molecule is CO/N=C(/C1=NOC(C)(C)C1)c1ccccc1COc1cc(C)ccc1C. The van der Waals surface area contributed by atoms with E-state index in [-0.39, 0.29) is 5.60 Å². The predicted octanol–water partition coefficient (Wildman–Crippen LogP) is 4.79. The summed E-state index contributed by atoms with van der Waals surface area (Å²) < 4.78 is 6.11. The highest BCUT2D eigenvalue weighted by molar-refractivity contribution is 6.48. The third kappa shape index (κ3) is 4.48. The summed E-state index contributed by atoms with van der Waals surface area (Å²) >= 11 is 0. The summed E-state index contributed by atoms with van der Waals surface area (Å²) in [4.78, 5) is 10.6. The number of hydrogen-bond donors (Lipinski definition) is 0. The Hall–Kier alpha value is -2.82. The van der Waals surface area contributed by atoms with Crippen LogP contribution < -0.4 is 4.74 Å². The Bertz CT molecular complexity index is 885. The Morgan fingerprint density at radius 3 is 2.67 bits per heavy atom. The zero-order chi connectivity index (χ0) is 19.4. The average Bonchev–Trinajstić information content (AvgIpc) is 3.00. The first-order valence-electron chi connectivity index (χ1n) is 9.04. The summed E-state index contributed by atoms with van der Waals surface area (Å²) in [7, 11) is 1.54. The Kier molecular flexibility index (Phi) is 5.49. The summed E-state index contributed by atoms with van der Waals surface area (Å²) in [5.74, 6) is 0.887. The molecule has 1 aliphatic heterocycles. The highest BCUT2D eigenvalue weighted by Gasteiger charge is 2.33. The maximum Gasteiger partial charge on any atom is 0.137 e. The molecule has 1 heterocycles. The summed E-state index contributed by atoms with van der Waals surface area (Å²) in [5, 5.41) is 8.47. The number of benzene rings is 2. The monoisotopic (exact) mass is 366 g/mol. The summed E-state index contributed by atoms with van der Waals surface area (Å²) in [6.07, 6.45) is 0.668. The topological polar surface area (TPSA) is 52.4 Å². The third-order valence-corrected chi connectivity index (χ3v) is 4.45. The number of nitrogens with zero attached hydrogens (tertiary/aromatic N) is 2. The second-order valence-corrected chi connectivity index (χ2v) is 7.40. The van der Waals surface area contributed by atoms with Crippen molar-refractivity contribution in [3.8, 4) is 5.75 Å². The number of oxime groups is 2. The zero-order valence-corrected chi connectivity index (χ0v) is 16.6. The van der Waals surface area contributed by atoms with Gasteiger partial charge in [0.05, 0.1) is 0 Å². The first-order chi connectivity index (χ1) is 12.9. The molecule has 5 nitrogen and oxygen atoms in total. The Morgan fingerprint density at radius 1 is 1.19 bits per heavy atom. The smallest absolute Gasteiger partial charge is 0.137 e. The van der Waals surface area contributed by atoms with E-state index in [1.54, 1.807) is 0 Å². The molecule has 0 spiro atoms. The van der Waals surface area contributed by atoms with Gasteiger partial charge in [0.1, 0.15) is 36.5 Å². The fourth-order valence-electron chi connectivity index (χ4n) is 3.02. The molecule has 3 rings (SSSR count). The van der Waals surface area contributed by atoms with Gasteiger partial charge in [0.15, 0.2) is 0 Å². The molecule has 0 saturated heterocycles. The average molecular weight is 366 g/mol. The number of hydrogen-bond acceptors (Lipinski definition) is 5. The van der Waals surface area contributed by atoms with Gasteiger partial charge >= 0.3 is 0 Å². The van der Waals surface area contributed by atoms with Crippen LogP contribution in [0.5, 0.6) is 5.75 Å². The molecule has 0 atom stereocenters. The van der Waals surface area contributed by atoms with Crippen molar-refractivity contribution in [2.45, 2.75) is 46.3 Å². The third-order valence-electron chi connectivity index (χ3n) is 4.45. The van der Waals surface area contributed by atoms with Crippen molar-refractivity contribution in [1.29, 1.82) is 0 Å². The maximum atomic E-state index is 6.11. The summed E-state index contributed by atoms with van der Waals surface area (Å²) in [6, 6.07) is 14.2. The molecule has 0 radical (unpaired) electrons. The standard InChI is InChI=1S/C22H26N2O3/c1-15-10-11-16(2)20(12-15)26-14-17-8-6-7-9-18(17)21(24-25-5)19-13-22(3,4)27-23-19/h6-12H,13-14H2,1-5H3/b24-21+. The van der Waals surface area contributed by atoms with E-state index in [0.29, 0.717) is 18.7 Å². The summed E-state index contributed by atoms with van der Waals surface area (Å²) in [5.41, 5.74) is 5.36. The lowest BCUT2D eigenvalue weighted by Gasteiger charge is -2.15. The molecular formula is C22H26N2O3. The van der Waals surface area contributed by atoms with Crippen molar-refractivity contribution in [1.82, 2.24) is 0 Å². The highest BCUT2D eigenvalue weighted by Crippen LogP contribution is 2.26. The molecule has 0 saturated carbocycles. The van der Waals surface area contributed by atoms with Crippen molar-refractivity contribution in [3.63, 3.8) is 0 Å². The molecule has 142 valence electrons. The Balaban J connectivity index is 1.88. The van der Waals surface area contributed by atoms with Gasteiger partial charge in [0, 0.05) is 12.0 Å². The minimum absolute atomic E-state index is 0.339. The fraction of sp³-hybridized carbons (Fsp3) is 0.364. The van der Waals surface area contributed by atoms with Crippen LogP contribution in [-0.2, 0) is 16.3 Å². The van der Waals surface area contributed by atoms with Gasteiger partial charge in [-0.05, 0) is 50.5 Å². The predicted molar refractivity (Wildman–Crippen MR) is 107 cm³/mol. The summed E-state index contributed by atoms with van der Waals surface area (Å²) in [6.45, 7) is 8.54. The van der Waals surface area contributed by atoms with E-state index in [2.05, 4.69) is 35.4 Å². The van der Waals surface area contributed by atoms with Crippen LogP contribution in [-0.4, -0.2) is 24.1 Å². The van der Waals surface area contributed by atoms with Gasteiger partial charge in [-0.2, -0.15) is 0 Å². The molecule has 0 bridgehead atoms. The van der Waals surface area contributed by atoms with Crippen molar-refractivity contribution >= 4 is 11.4 Å². The Labute approximate surface area is 160 Å². The van der Waals surface area contributed by atoms with Crippen molar-refractivity contribution in [2.75, 3.05) is 7.11 Å². The largest absolute Gasteiger partial charge is 0.489 e. The van der Waals surface area contributed by atoms with Gasteiger partial charge in [-0.3, -0.25) is 0 Å². The van der Waals surface area contributed by atoms with Gasteiger partial charge in [-0.25, -0.2) is 0 Å². The second kappa shape index (κ2) is 7.82. The van der Waals surface area contributed by atoms with Crippen LogP contribution in [0.15, 0.2) is 52.8 Å². The highest BCUT2D eigenvalue weighted by atomic mass is 16.7. The maximum absolute atomic E-state index is 6.11. The molecule has 0 N–H and O–H groups in total. The minimum atomic E-state index is -0.339. The molecule has 27 heavy (non-hydrogen) atoms. The molecule has 2 aromatic carbocycles. The number of rotatable bonds is 6. The van der Waals surface area contributed by atoms with Crippen LogP contribution in [0, 0.1) is 13.8 Å². The number of aryl methyl sites for hydroxylation is 2. The first kappa shape index (κ1) is 19.0. The van der Waals surface area contributed by atoms with Crippen molar-refractivity contribution in [3.05, 3.63) is 64.7 Å². The molecule has 0 amide bonds. The first-order valence-corrected chi connectivity index (χ1v) is 9.04. The van der Waals surface area contributed by atoms with Gasteiger partial charge in [0.2, 0.25) is 0 Å². The molecule has 1 aliphatic rings. The van der Waals surface area contributed by atoms with Crippen molar-refractivity contribution in [2.24, 2.45) is 10.3 Å². The lowest BCUT2D eigenvalue weighted by molar-refractivity contribution is 0.0123. The number of ether oxygens (including phenoxy) is 1. The molecule has 0 aromatic heterocycles. The van der Waals surface area contributed by atoms with Crippen LogP contribution >= 0.6 is 0 Å². The van der Waals surface area contributed by atoms with Crippen LogP contribution in [0.3, 0.4) is 0 Å². The van der Waals surface area contributed by atoms with E-state index >= 15 is 0 Å². The van der Waals surface area contributed by atoms with Crippen LogP contribution in [0.2, 0.25) is 0 Å². The van der Waals surface area contributed by atoms with E-state index in [0.717, 1.165) is 28.2 Å². The van der Waals surface area contributed by atoms with Gasteiger partial charge in [0.25, 0.3) is 0 Å². The second-order valence-electron chi connectivity index (χ2n) is 7.40. The molecule has 5 heteroatoms. The quantitative estimate of drug-likeness (QED) is 0.546. The van der Waals surface area contributed by atoms with Crippen LogP contribution in [0.4, 0.5) is 0 Å². The van der Waals surface area contributed by atoms with Crippen molar-refractivity contribution < 1.29 is 14.4 Å². The van der Waals surface area contributed by atoms with Crippen LogP contribution in [0.25, 0.3) is 0 Å². The normalized spacial score (nSPS) is 15.9. The van der Waals surface area contributed by atoms with E-state index in [1.807, 2.05) is 45.0 Å². The molecule has 2 aromatic rings. The van der Waals surface area contributed by atoms with Gasteiger partial charge in [-0.1, -0.05) is 46.7 Å². The lowest BCUT2D eigenvalue weighted by Crippen LogP contribution is -2.24. The lowest BCUT2D eigenvalue weighted by atomic mass is 9.94. The molecule has 0 unspecified atom stereocenters. The van der Waals surface area contributed by atoms with E-state index in [1.165, 1.54) is 12.7 Å². The van der Waals surface area contributed by atoms with E-state index < -0.39 is 0 Å². The molecule has 0 aliphatic carbocycles. The molecular weight excluding hydrogens is 340 g/mol.